The molecule has 0 saturated heterocycles. The van der Waals surface area contributed by atoms with Crippen LogP contribution < -0.4 is 5.32 Å². The number of hydrogen-bond acceptors (Lipinski definition) is 2. The van der Waals surface area contributed by atoms with Crippen molar-refractivity contribution in [1.82, 2.24) is 15.1 Å². The van der Waals surface area contributed by atoms with E-state index in [-0.39, 0.29) is 0 Å². The molecule has 3 nitrogen and oxygen atoms in total. The SMILES string of the molecule is CCC(NCc1c(Br)c(C)nn1CC)c1ccccc1. The molecule has 0 aliphatic rings. The zero-order valence-corrected chi connectivity index (χ0v) is 13.9. The van der Waals surface area contributed by atoms with Gasteiger partial charge in [-0.3, -0.25) is 4.68 Å². The third-order valence-electron chi connectivity index (χ3n) is 3.58. The summed E-state index contributed by atoms with van der Waals surface area (Å²) in [5.74, 6) is 0. The van der Waals surface area contributed by atoms with Crippen molar-refractivity contribution in [2.45, 2.75) is 46.3 Å². The van der Waals surface area contributed by atoms with Gasteiger partial charge in [0.1, 0.15) is 0 Å². The van der Waals surface area contributed by atoms with Gasteiger partial charge in [0.15, 0.2) is 0 Å². The standard InChI is InChI=1S/C16H22BrN3/c1-4-14(13-9-7-6-8-10-13)18-11-15-16(17)12(3)19-20(15)5-2/h6-10,14,18H,4-5,11H2,1-3H3. The molecule has 0 fully saturated rings. The van der Waals surface area contributed by atoms with Crippen molar-refractivity contribution in [1.29, 1.82) is 0 Å². The smallest absolute Gasteiger partial charge is 0.0739 e. The van der Waals surface area contributed by atoms with Crippen LogP contribution in [0.2, 0.25) is 0 Å². The van der Waals surface area contributed by atoms with Crippen molar-refractivity contribution in [2.75, 3.05) is 0 Å². The molecule has 2 aromatic rings. The van der Waals surface area contributed by atoms with Gasteiger partial charge in [0.2, 0.25) is 0 Å². The molecule has 0 saturated carbocycles. The Balaban J connectivity index is 2.11. The third-order valence-corrected chi connectivity index (χ3v) is 4.61. The number of hydrogen-bond donors (Lipinski definition) is 1. The molecule has 0 aliphatic heterocycles. The number of nitrogens with one attached hydrogen (secondary N) is 1. The van der Waals surface area contributed by atoms with Gasteiger partial charge in [-0.1, -0.05) is 37.3 Å². The Hall–Kier alpha value is -1.13. The minimum atomic E-state index is 0.378. The number of aromatic nitrogens is 2. The van der Waals surface area contributed by atoms with Gasteiger partial charge in [0.05, 0.1) is 15.9 Å². The molecule has 1 atom stereocenters. The fourth-order valence-corrected chi connectivity index (χ4v) is 2.87. The summed E-state index contributed by atoms with van der Waals surface area (Å²) in [6.45, 7) is 8.08. The monoisotopic (exact) mass is 335 g/mol. The third kappa shape index (κ3) is 3.30. The minimum Gasteiger partial charge on any atom is -0.304 e. The maximum atomic E-state index is 4.53. The summed E-state index contributed by atoms with van der Waals surface area (Å²) in [5.41, 5.74) is 3.61. The number of rotatable bonds is 6. The van der Waals surface area contributed by atoms with Crippen molar-refractivity contribution in [3.63, 3.8) is 0 Å². The van der Waals surface area contributed by atoms with Crippen LogP contribution in [-0.4, -0.2) is 9.78 Å². The van der Waals surface area contributed by atoms with E-state index in [9.17, 15) is 0 Å². The molecular formula is C16H22BrN3. The Labute approximate surface area is 129 Å². The lowest BCUT2D eigenvalue weighted by molar-refractivity contribution is 0.493. The Morgan fingerprint density at radius 2 is 1.95 bits per heavy atom. The van der Waals surface area contributed by atoms with Crippen LogP contribution in [0.3, 0.4) is 0 Å². The normalized spacial score (nSPS) is 12.6. The quantitative estimate of drug-likeness (QED) is 0.856. The molecule has 0 aliphatic carbocycles. The lowest BCUT2D eigenvalue weighted by Gasteiger charge is -2.18. The van der Waals surface area contributed by atoms with Crippen LogP contribution >= 0.6 is 15.9 Å². The van der Waals surface area contributed by atoms with Gasteiger partial charge in [-0.05, 0) is 41.8 Å². The summed E-state index contributed by atoms with van der Waals surface area (Å²) in [5, 5.41) is 8.18. The van der Waals surface area contributed by atoms with Gasteiger partial charge in [-0.15, -0.1) is 0 Å². The zero-order chi connectivity index (χ0) is 14.5. The van der Waals surface area contributed by atoms with Crippen LogP contribution in [-0.2, 0) is 13.1 Å². The van der Waals surface area contributed by atoms with Crippen molar-refractivity contribution in [3.8, 4) is 0 Å². The first-order valence-electron chi connectivity index (χ1n) is 7.17. The molecule has 1 heterocycles. The van der Waals surface area contributed by atoms with Crippen LogP contribution in [0.4, 0.5) is 0 Å². The molecular weight excluding hydrogens is 314 g/mol. The summed E-state index contributed by atoms with van der Waals surface area (Å²) < 4.78 is 3.18. The fraction of sp³-hybridized carbons (Fsp3) is 0.438. The van der Waals surface area contributed by atoms with Gasteiger partial charge in [0, 0.05) is 19.1 Å². The lowest BCUT2D eigenvalue weighted by atomic mass is 10.0. The minimum absolute atomic E-state index is 0.378. The average molecular weight is 336 g/mol. The molecule has 0 bridgehead atoms. The Bertz CT molecular complexity index is 548. The number of halogens is 1. The van der Waals surface area contributed by atoms with Gasteiger partial charge in [-0.2, -0.15) is 5.10 Å². The molecule has 1 N–H and O–H groups in total. The van der Waals surface area contributed by atoms with E-state index in [2.05, 4.69) is 75.2 Å². The largest absolute Gasteiger partial charge is 0.304 e. The van der Waals surface area contributed by atoms with E-state index in [1.165, 1.54) is 11.3 Å². The van der Waals surface area contributed by atoms with Crippen LogP contribution in [0, 0.1) is 6.92 Å². The molecule has 1 aromatic heterocycles. The van der Waals surface area contributed by atoms with Gasteiger partial charge in [0.25, 0.3) is 0 Å². The topological polar surface area (TPSA) is 29.9 Å². The first kappa shape index (κ1) is 15.3. The van der Waals surface area contributed by atoms with E-state index in [1.54, 1.807) is 0 Å². The molecule has 20 heavy (non-hydrogen) atoms. The zero-order valence-electron chi connectivity index (χ0n) is 12.4. The van der Waals surface area contributed by atoms with Gasteiger partial charge >= 0.3 is 0 Å². The second-order valence-corrected chi connectivity index (χ2v) is 5.71. The predicted octanol–water partition coefficient (Wildman–Crippen LogP) is 4.21. The van der Waals surface area contributed by atoms with Crippen LogP contribution in [0.15, 0.2) is 34.8 Å². The summed E-state index contributed by atoms with van der Waals surface area (Å²) in [7, 11) is 0. The maximum absolute atomic E-state index is 4.53. The van der Waals surface area contributed by atoms with Gasteiger partial charge in [-0.25, -0.2) is 0 Å². The number of benzene rings is 1. The van der Waals surface area contributed by atoms with Crippen molar-refractivity contribution < 1.29 is 0 Å². The van der Waals surface area contributed by atoms with Crippen LogP contribution in [0.25, 0.3) is 0 Å². The van der Waals surface area contributed by atoms with Gasteiger partial charge < -0.3 is 5.32 Å². The molecule has 2 rings (SSSR count). The van der Waals surface area contributed by atoms with Crippen LogP contribution in [0.1, 0.15) is 43.3 Å². The highest BCUT2D eigenvalue weighted by molar-refractivity contribution is 9.10. The first-order valence-corrected chi connectivity index (χ1v) is 7.96. The molecule has 1 aromatic carbocycles. The second-order valence-electron chi connectivity index (χ2n) is 4.91. The van der Waals surface area contributed by atoms with Crippen LogP contribution in [0.5, 0.6) is 0 Å². The summed E-state index contributed by atoms with van der Waals surface area (Å²) in [6, 6.07) is 11.0. The Morgan fingerprint density at radius 1 is 1.25 bits per heavy atom. The van der Waals surface area contributed by atoms with E-state index in [0.29, 0.717) is 6.04 Å². The second kappa shape index (κ2) is 7.04. The predicted molar refractivity (Wildman–Crippen MR) is 86.7 cm³/mol. The number of aryl methyl sites for hydroxylation is 2. The van der Waals surface area contributed by atoms with E-state index >= 15 is 0 Å². The Kier molecular flexibility index (Phi) is 5.38. The number of nitrogens with zero attached hydrogens (tertiary/aromatic N) is 2. The van der Waals surface area contributed by atoms with E-state index in [0.717, 1.165) is 29.7 Å². The summed E-state index contributed by atoms with van der Waals surface area (Å²) in [6.07, 6.45) is 1.07. The van der Waals surface area contributed by atoms with Crippen molar-refractivity contribution in [3.05, 3.63) is 51.8 Å². The van der Waals surface area contributed by atoms with E-state index in [4.69, 9.17) is 0 Å². The Morgan fingerprint density at radius 3 is 2.55 bits per heavy atom. The molecule has 0 spiro atoms. The average Bonchev–Trinajstić information content (AvgIpc) is 2.76. The van der Waals surface area contributed by atoms with E-state index in [1.807, 2.05) is 6.92 Å². The highest BCUT2D eigenvalue weighted by Crippen LogP contribution is 2.23. The lowest BCUT2D eigenvalue weighted by Crippen LogP contribution is -2.22. The molecule has 4 heteroatoms. The fourth-order valence-electron chi connectivity index (χ4n) is 2.44. The highest BCUT2D eigenvalue weighted by atomic mass is 79.9. The molecule has 1 unspecified atom stereocenters. The van der Waals surface area contributed by atoms with Crippen molar-refractivity contribution >= 4 is 15.9 Å². The first-order chi connectivity index (χ1) is 9.67. The highest BCUT2D eigenvalue weighted by Gasteiger charge is 2.14. The molecule has 108 valence electrons. The summed E-state index contributed by atoms with van der Waals surface area (Å²) >= 11 is 3.65. The maximum Gasteiger partial charge on any atom is 0.0739 e. The van der Waals surface area contributed by atoms with Crippen molar-refractivity contribution in [2.24, 2.45) is 0 Å². The molecule has 0 amide bonds. The summed E-state index contributed by atoms with van der Waals surface area (Å²) in [4.78, 5) is 0. The molecule has 0 radical (unpaired) electrons. The van der Waals surface area contributed by atoms with E-state index < -0.39 is 0 Å².